The van der Waals surface area contributed by atoms with E-state index in [1.54, 1.807) is 47.4 Å². The lowest BCUT2D eigenvalue weighted by molar-refractivity contribution is -0.126. The fourth-order valence-electron chi connectivity index (χ4n) is 6.99. The zero-order valence-electron chi connectivity index (χ0n) is 31.4. The normalized spacial score (nSPS) is 14.0. The summed E-state index contributed by atoms with van der Waals surface area (Å²) in [7, 11) is 0. The predicted molar refractivity (Wildman–Crippen MR) is 221 cm³/mol. The molecular weight excluding hydrogens is 733 g/mol. The molecule has 1 atom stereocenters. The summed E-state index contributed by atoms with van der Waals surface area (Å²) < 4.78 is 23.3. The second-order valence-electron chi connectivity index (χ2n) is 13.5. The van der Waals surface area contributed by atoms with Gasteiger partial charge in [0.1, 0.15) is 23.1 Å². The minimum Gasteiger partial charge on any atom is -0.507 e. The van der Waals surface area contributed by atoms with E-state index in [0.29, 0.717) is 67.0 Å². The van der Waals surface area contributed by atoms with Gasteiger partial charge in [0.05, 0.1) is 23.4 Å². The first-order valence-electron chi connectivity index (χ1n) is 18.3. The third-order valence-corrected chi connectivity index (χ3v) is 10.2. The number of phenols is 1. The third kappa shape index (κ3) is 7.94. The van der Waals surface area contributed by atoms with Gasteiger partial charge in [-0.25, -0.2) is 9.18 Å². The zero-order valence-corrected chi connectivity index (χ0v) is 32.1. The Morgan fingerprint density at radius 1 is 1.07 bits per heavy atom. The number of benzene rings is 4. The van der Waals surface area contributed by atoms with Gasteiger partial charge in [-0.2, -0.15) is 4.98 Å². The summed E-state index contributed by atoms with van der Waals surface area (Å²) in [5, 5.41) is 14.7. The van der Waals surface area contributed by atoms with Crippen molar-refractivity contribution in [3.63, 3.8) is 0 Å². The molecule has 0 saturated carbocycles. The number of rotatable bonds is 13. The van der Waals surface area contributed by atoms with Crippen molar-refractivity contribution in [1.29, 1.82) is 0 Å². The van der Waals surface area contributed by atoms with Crippen LogP contribution in [0.4, 0.5) is 10.2 Å². The number of halogens is 2. The molecule has 6 rings (SSSR count). The number of para-hydroxylation sites is 1. The van der Waals surface area contributed by atoms with Crippen LogP contribution in [0.15, 0.2) is 103 Å². The van der Waals surface area contributed by atoms with Gasteiger partial charge in [0, 0.05) is 71.5 Å². The van der Waals surface area contributed by atoms with E-state index in [1.807, 2.05) is 43.0 Å². The fourth-order valence-corrected chi connectivity index (χ4v) is 7.25. The number of fused-ring (bicyclic) bond motifs is 1. The number of piperazine rings is 1. The number of nitrogens with zero attached hydrogens (tertiary/aromatic N) is 4. The Balaban J connectivity index is 1.35. The Bertz CT molecular complexity index is 2400. The lowest BCUT2D eigenvalue weighted by atomic mass is 10.00. The first-order valence-corrected chi connectivity index (χ1v) is 18.7. The van der Waals surface area contributed by atoms with Crippen LogP contribution in [0.2, 0.25) is 5.02 Å². The number of hydrogen-bond donors (Lipinski definition) is 2. The van der Waals surface area contributed by atoms with Crippen LogP contribution in [0, 0.1) is 5.82 Å². The van der Waals surface area contributed by atoms with Gasteiger partial charge in [0.15, 0.2) is 0 Å². The van der Waals surface area contributed by atoms with Gasteiger partial charge < -0.3 is 25.0 Å². The Kier molecular flexibility index (Phi) is 12.0. The maximum absolute atomic E-state index is 16.1. The molecule has 12 heteroatoms. The summed E-state index contributed by atoms with van der Waals surface area (Å²) in [5.41, 5.74) is 3.08. The van der Waals surface area contributed by atoms with Crippen LogP contribution < -0.4 is 20.6 Å². The molecule has 1 aliphatic rings. The summed E-state index contributed by atoms with van der Waals surface area (Å²) in [4.78, 5) is 47.5. The molecule has 2 amide bonds. The van der Waals surface area contributed by atoms with Gasteiger partial charge in [0.25, 0.3) is 5.91 Å². The number of ether oxygens (including phenoxy) is 1. The number of aromatic hydroxyl groups is 1. The largest absolute Gasteiger partial charge is 0.507 e. The Hall–Kier alpha value is -6.20. The maximum atomic E-state index is 16.1. The van der Waals surface area contributed by atoms with Crippen molar-refractivity contribution >= 4 is 51.8 Å². The monoisotopic (exact) mass is 775 g/mol. The standard InChI is InChI=1S/C44H43ClFN5O5/c1-6-27(4)31-15-11-12-17-37(31)51-38-25-33(35(45)24-34(38)42(48-44(51)55)50-20-19-49(26-28(50)5)40(53)8-3)41-36(46)22-30(23-39(41)52)56-21-13-18-47-43(54)32-16-10-9-14-29(32)7-2/h7-12,14-17,22-25,28,52H,2-4,6,13,18-21,26H2,1,5H3,(H,47,54)/t28-/m0/s1. The average molecular weight is 776 g/mol. The predicted octanol–water partition coefficient (Wildman–Crippen LogP) is 8.04. The van der Waals surface area contributed by atoms with E-state index < -0.39 is 17.3 Å². The molecule has 10 nitrogen and oxygen atoms in total. The maximum Gasteiger partial charge on any atom is 0.354 e. The molecule has 1 fully saturated rings. The second kappa shape index (κ2) is 17.1. The van der Waals surface area contributed by atoms with Crippen LogP contribution in [0.5, 0.6) is 11.5 Å². The fraction of sp³-hybridized carbons (Fsp3) is 0.227. The summed E-state index contributed by atoms with van der Waals surface area (Å²) >= 11 is 6.94. The molecule has 56 heavy (non-hydrogen) atoms. The van der Waals surface area contributed by atoms with E-state index in [2.05, 4.69) is 30.0 Å². The molecule has 2 heterocycles. The highest BCUT2D eigenvalue weighted by Crippen LogP contribution is 2.42. The Labute approximate surface area is 329 Å². The second-order valence-corrected chi connectivity index (χ2v) is 13.9. The van der Waals surface area contributed by atoms with Crippen LogP contribution in [-0.4, -0.2) is 70.2 Å². The molecule has 0 unspecified atom stereocenters. The quantitative estimate of drug-likeness (QED) is 0.0919. The third-order valence-electron chi connectivity index (χ3n) is 9.91. The number of nitrogens with one attached hydrogen (secondary N) is 1. The molecule has 1 aromatic heterocycles. The van der Waals surface area contributed by atoms with Crippen molar-refractivity contribution in [3.8, 4) is 28.3 Å². The Morgan fingerprint density at radius 3 is 2.50 bits per heavy atom. The molecule has 5 aromatic rings. The van der Waals surface area contributed by atoms with Crippen molar-refractivity contribution in [3.05, 3.63) is 137 Å². The van der Waals surface area contributed by atoms with Crippen LogP contribution in [0.3, 0.4) is 0 Å². The topological polar surface area (TPSA) is 117 Å². The van der Waals surface area contributed by atoms with Crippen molar-refractivity contribution in [2.24, 2.45) is 0 Å². The van der Waals surface area contributed by atoms with Gasteiger partial charge in [-0.05, 0) is 61.2 Å². The lowest BCUT2D eigenvalue weighted by Crippen LogP contribution is -2.54. The number of carbonyl (C=O) groups excluding carboxylic acids is 2. The van der Waals surface area contributed by atoms with Crippen LogP contribution in [0.1, 0.15) is 48.2 Å². The summed E-state index contributed by atoms with van der Waals surface area (Å²) in [5.74, 6) is -1.19. The van der Waals surface area contributed by atoms with Gasteiger partial charge in [-0.3, -0.25) is 14.2 Å². The first-order chi connectivity index (χ1) is 27.0. The molecule has 1 aliphatic heterocycles. The molecular formula is C44H43ClFN5O5. The molecule has 0 bridgehead atoms. The van der Waals surface area contributed by atoms with E-state index in [-0.39, 0.29) is 46.4 Å². The summed E-state index contributed by atoms with van der Waals surface area (Å²) in [6.07, 6.45) is 3.94. The van der Waals surface area contributed by atoms with Crippen molar-refractivity contribution in [2.75, 3.05) is 37.7 Å². The highest BCUT2D eigenvalue weighted by molar-refractivity contribution is 6.34. The zero-order chi connectivity index (χ0) is 40.1. The number of amides is 2. The number of phenolic OH excluding ortho intramolecular Hbond substituents is 1. The number of allylic oxidation sites excluding steroid dienone is 1. The van der Waals surface area contributed by atoms with E-state index in [1.165, 1.54) is 16.7 Å². The SMILES string of the molecule is C=CC(=O)N1CCN(c2nc(=O)n(-c3ccccc3C(=C)CC)c3cc(-c4c(O)cc(OCCCNC(=O)c5ccccc5C=C)cc4F)c(Cl)cc23)[C@@H](C)C1. The van der Waals surface area contributed by atoms with Crippen molar-refractivity contribution < 1.29 is 23.8 Å². The number of anilines is 1. The number of aromatic nitrogens is 2. The minimum atomic E-state index is -0.796. The molecule has 288 valence electrons. The lowest BCUT2D eigenvalue weighted by Gasteiger charge is -2.40. The van der Waals surface area contributed by atoms with Crippen LogP contribution in [0.25, 0.3) is 39.4 Å². The molecule has 0 radical (unpaired) electrons. The average Bonchev–Trinajstić information content (AvgIpc) is 3.20. The summed E-state index contributed by atoms with van der Waals surface area (Å²) in [6, 6.07) is 19.9. The Morgan fingerprint density at radius 2 is 1.80 bits per heavy atom. The number of carbonyl (C=O) groups is 2. The van der Waals surface area contributed by atoms with E-state index in [9.17, 15) is 19.5 Å². The number of hydrogen-bond acceptors (Lipinski definition) is 7. The molecule has 1 saturated heterocycles. The van der Waals surface area contributed by atoms with Gasteiger partial charge in [0.2, 0.25) is 5.91 Å². The smallest absolute Gasteiger partial charge is 0.354 e. The first kappa shape index (κ1) is 39.5. The van der Waals surface area contributed by atoms with E-state index in [4.69, 9.17) is 16.3 Å². The highest BCUT2D eigenvalue weighted by atomic mass is 35.5. The van der Waals surface area contributed by atoms with Gasteiger partial charge in [-0.15, -0.1) is 0 Å². The van der Waals surface area contributed by atoms with E-state index in [0.717, 1.165) is 22.8 Å². The van der Waals surface area contributed by atoms with Crippen molar-refractivity contribution in [1.82, 2.24) is 19.8 Å². The molecule has 0 aliphatic carbocycles. The van der Waals surface area contributed by atoms with Gasteiger partial charge in [-0.1, -0.05) is 80.7 Å². The highest BCUT2D eigenvalue weighted by Gasteiger charge is 2.30. The van der Waals surface area contributed by atoms with Crippen LogP contribution >= 0.6 is 11.6 Å². The van der Waals surface area contributed by atoms with Crippen LogP contribution in [-0.2, 0) is 4.79 Å². The minimum absolute atomic E-state index is 0.0856. The van der Waals surface area contributed by atoms with Crippen molar-refractivity contribution in [2.45, 2.75) is 32.7 Å². The van der Waals surface area contributed by atoms with Gasteiger partial charge >= 0.3 is 5.69 Å². The molecule has 0 spiro atoms. The summed E-state index contributed by atoms with van der Waals surface area (Å²) in [6.45, 7) is 17.1. The van der Waals surface area contributed by atoms with E-state index >= 15 is 4.39 Å². The molecule has 2 N–H and O–H groups in total. The molecule has 4 aromatic carbocycles.